The van der Waals surface area contributed by atoms with Gasteiger partial charge in [-0.3, -0.25) is 0 Å². The molecule has 0 saturated heterocycles. The van der Waals surface area contributed by atoms with Crippen LogP contribution in [0.25, 0.3) is 0 Å². The van der Waals surface area contributed by atoms with Gasteiger partial charge in [-0.05, 0) is 42.0 Å². The van der Waals surface area contributed by atoms with E-state index in [4.69, 9.17) is 5.73 Å². The second-order valence-corrected chi connectivity index (χ2v) is 6.13. The Morgan fingerprint density at radius 2 is 2.15 bits per heavy atom. The van der Waals surface area contributed by atoms with Gasteiger partial charge in [0.1, 0.15) is 5.82 Å². The van der Waals surface area contributed by atoms with Gasteiger partial charge < -0.3 is 10.6 Å². The second-order valence-electron chi connectivity index (χ2n) is 5.09. The van der Waals surface area contributed by atoms with Gasteiger partial charge in [0.25, 0.3) is 0 Å². The Morgan fingerprint density at radius 1 is 1.35 bits per heavy atom. The van der Waals surface area contributed by atoms with Crippen LogP contribution < -0.4 is 10.6 Å². The lowest BCUT2D eigenvalue weighted by Crippen LogP contribution is -2.22. The second kappa shape index (κ2) is 6.86. The van der Waals surface area contributed by atoms with Crippen LogP contribution in [-0.4, -0.2) is 13.1 Å². The minimum absolute atomic E-state index is 0.101. The van der Waals surface area contributed by atoms with Gasteiger partial charge in [0.2, 0.25) is 0 Å². The minimum Gasteiger partial charge on any atom is -0.367 e. The molecule has 1 aromatic heterocycles. The molecule has 108 valence electrons. The topological polar surface area (TPSA) is 29.3 Å². The number of anilines is 1. The molecule has 20 heavy (non-hydrogen) atoms. The van der Waals surface area contributed by atoms with Crippen molar-refractivity contribution in [1.82, 2.24) is 0 Å². The average molecular weight is 292 g/mol. The Balaban J connectivity index is 2.08. The number of nitrogens with zero attached hydrogens (tertiary/aromatic N) is 1. The van der Waals surface area contributed by atoms with E-state index < -0.39 is 0 Å². The highest BCUT2D eigenvalue weighted by molar-refractivity contribution is 7.09. The van der Waals surface area contributed by atoms with E-state index in [1.54, 1.807) is 17.4 Å². The van der Waals surface area contributed by atoms with Crippen molar-refractivity contribution < 1.29 is 4.39 Å². The van der Waals surface area contributed by atoms with Crippen molar-refractivity contribution in [2.75, 3.05) is 11.9 Å². The molecule has 2 aromatic rings. The van der Waals surface area contributed by atoms with E-state index in [2.05, 4.69) is 6.07 Å². The van der Waals surface area contributed by atoms with Crippen molar-refractivity contribution in [3.63, 3.8) is 0 Å². The number of hydrogen-bond acceptors (Lipinski definition) is 3. The molecule has 0 aliphatic carbocycles. The van der Waals surface area contributed by atoms with Crippen LogP contribution in [-0.2, 0) is 13.0 Å². The molecule has 0 amide bonds. The third-order valence-corrected chi connectivity index (χ3v) is 4.28. The standard InChI is InChI=1S/C16H21FN2S/c1-3-13(18)9-12-6-7-16(15(17)10-12)19(2)11-14-5-4-8-20-14/h4-8,10,13H,3,9,11,18H2,1-2H3. The molecular weight excluding hydrogens is 271 g/mol. The van der Waals surface area contributed by atoms with E-state index >= 15 is 0 Å². The van der Waals surface area contributed by atoms with Gasteiger partial charge in [-0.2, -0.15) is 0 Å². The molecule has 0 radical (unpaired) electrons. The summed E-state index contributed by atoms with van der Waals surface area (Å²) in [5.41, 5.74) is 7.51. The van der Waals surface area contributed by atoms with Crippen LogP contribution in [0.4, 0.5) is 10.1 Å². The summed E-state index contributed by atoms with van der Waals surface area (Å²) in [6, 6.07) is 9.60. The first-order chi connectivity index (χ1) is 9.60. The molecule has 1 heterocycles. The van der Waals surface area contributed by atoms with Gasteiger partial charge in [0.05, 0.1) is 12.2 Å². The van der Waals surface area contributed by atoms with Crippen LogP contribution in [0.3, 0.4) is 0 Å². The Hall–Kier alpha value is -1.39. The minimum atomic E-state index is -0.176. The Bertz CT molecular complexity index is 539. The van der Waals surface area contributed by atoms with Crippen LogP contribution in [0.1, 0.15) is 23.8 Å². The third kappa shape index (κ3) is 3.81. The SMILES string of the molecule is CCC(N)Cc1ccc(N(C)Cc2cccs2)c(F)c1. The Kier molecular flexibility index (Phi) is 5.15. The fourth-order valence-electron chi connectivity index (χ4n) is 2.16. The van der Waals surface area contributed by atoms with E-state index in [-0.39, 0.29) is 11.9 Å². The third-order valence-electron chi connectivity index (χ3n) is 3.42. The first-order valence-electron chi connectivity index (χ1n) is 6.87. The van der Waals surface area contributed by atoms with Gasteiger partial charge in [-0.1, -0.05) is 19.1 Å². The number of hydrogen-bond donors (Lipinski definition) is 1. The van der Waals surface area contributed by atoms with Crippen LogP contribution in [0, 0.1) is 5.82 Å². The van der Waals surface area contributed by atoms with Gasteiger partial charge >= 0.3 is 0 Å². The highest BCUT2D eigenvalue weighted by atomic mass is 32.1. The smallest absolute Gasteiger partial charge is 0.146 e. The van der Waals surface area contributed by atoms with Crippen molar-refractivity contribution in [3.05, 3.63) is 52.0 Å². The maximum atomic E-state index is 14.2. The quantitative estimate of drug-likeness (QED) is 0.877. The zero-order chi connectivity index (χ0) is 14.5. The first kappa shape index (κ1) is 15.0. The van der Waals surface area contributed by atoms with Crippen LogP contribution >= 0.6 is 11.3 Å². The summed E-state index contributed by atoms with van der Waals surface area (Å²) < 4.78 is 14.2. The molecule has 0 aliphatic rings. The maximum Gasteiger partial charge on any atom is 0.146 e. The zero-order valence-electron chi connectivity index (χ0n) is 12.0. The van der Waals surface area contributed by atoms with Crippen molar-refractivity contribution in [1.29, 1.82) is 0 Å². The molecule has 2 rings (SSSR count). The molecule has 0 saturated carbocycles. The number of thiophene rings is 1. The average Bonchev–Trinajstić information content (AvgIpc) is 2.91. The van der Waals surface area contributed by atoms with E-state index in [0.717, 1.165) is 24.9 Å². The zero-order valence-corrected chi connectivity index (χ0v) is 12.8. The van der Waals surface area contributed by atoms with Gasteiger partial charge in [-0.25, -0.2) is 4.39 Å². The van der Waals surface area contributed by atoms with Crippen LogP contribution in [0.5, 0.6) is 0 Å². The molecule has 0 fully saturated rings. The summed E-state index contributed by atoms with van der Waals surface area (Å²) in [5, 5.41) is 2.04. The normalized spacial score (nSPS) is 12.4. The molecule has 2 N–H and O–H groups in total. The van der Waals surface area contributed by atoms with Crippen LogP contribution in [0.2, 0.25) is 0 Å². The highest BCUT2D eigenvalue weighted by Gasteiger charge is 2.10. The monoisotopic (exact) mass is 292 g/mol. The predicted octanol–water partition coefficient (Wildman–Crippen LogP) is 3.80. The summed E-state index contributed by atoms with van der Waals surface area (Å²) in [7, 11) is 1.91. The highest BCUT2D eigenvalue weighted by Crippen LogP contribution is 2.23. The summed E-state index contributed by atoms with van der Waals surface area (Å²) >= 11 is 1.69. The maximum absolute atomic E-state index is 14.2. The van der Waals surface area contributed by atoms with Gasteiger partial charge in [0.15, 0.2) is 0 Å². The van der Waals surface area contributed by atoms with E-state index in [1.807, 2.05) is 42.5 Å². The Labute approximate surface area is 124 Å². The number of halogens is 1. The fraction of sp³-hybridized carbons (Fsp3) is 0.375. The summed E-state index contributed by atoms with van der Waals surface area (Å²) in [4.78, 5) is 3.16. The molecule has 2 nitrogen and oxygen atoms in total. The van der Waals surface area contributed by atoms with Crippen LogP contribution in [0.15, 0.2) is 35.7 Å². The van der Waals surface area contributed by atoms with Crippen molar-refractivity contribution >= 4 is 17.0 Å². The lowest BCUT2D eigenvalue weighted by atomic mass is 10.0. The molecule has 0 bridgehead atoms. The van der Waals surface area contributed by atoms with Crippen molar-refractivity contribution in [3.8, 4) is 0 Å². The number of rotatable bonds is 6. The summed E-state index contributed by atoms with van der Waals surface area (Å²) in [6.07, 6.45) is 1.63. The molecule has 1 aromatic carbocycles. The number of nitrogens with two attached hydrogens (primary N) is 1. The predicted molar refractivity (Wildman–Crippen MR) is 84.8 cm³/mol. The molecule has 1 unspecified atom stereocenters. The number of benzene rings is 1. The lowest BCUT2D eigenvalue weighted by Gasteiger charge is -2.20. The van der Waals surface area contributed by atoms with E-state index in [1.165, 1.54) is 4.88 Å². The lowest BCUT2D eigenvalue weighted by molar-refractivity contribution is 0.611. The molecule has 0 aliphatic heterocycles. The molecule has 4 heteroatoms. The molecular formula is C16H21FN2S. The largest absolute Gasteiger partial charge is 0.367 e. The summed E-state index contributed by atoms with van der Waals surface area (Å²) in [6.45, 7) is 2.77. The van der Waals surface area contributed by atoms with Crippen molar-refractivity contribution in [2.45, 2.75) is 32.4 Å². The van der Waals surface area contributed by atoms with E-state index in [9.17, 15) is 4.39 Å². The fourth-order valence-corrected chi connectivity index (χ4v) is 2.91. The molecule has 0 spiro atoms. The van der Waals surface area contributed by atoms with E-state index in [0.29, 0.717) is 5.69 Å². The first-order valence-corrected chi connectivity index (χ1v) is 7.75. The summed E-state index contributed by atoms with van der Waals surface area (Å²) in [5.74, 6) is -0.176. The van der Waals surface area contributed by atoms with Gasteiger partial charge in [-0.15, -0.1) is 11.3 Å². The molecule has 1 atom stereocenters. The van der Waals surface area contributed by atoms with Crippen molar-refractivity contribution in [2.24, 2.45) is 5.73 Å². The Morgan fingerprint density at radius 3 is 2.75 bits per heavy atom. The van der Waals surface area contributed by atoms with Gasteiger partial charge in [0, 0.05) is 18.0 Å².